The molecule has 2 aromatic rings. The van der Waals surface area contributed by atoms with Crippen LogP contribution in [-0.4, -0.2) is 38.6 Å². The van der Waals surface area contributed by atoms with Crippen LogP contribution in [0.3, 0.4) is 0 Å². The number of fused-ring (bicyclic) bond motifs is 1. The van der Waals surface area contributed by atoms with E-state index in [-0.39, 0.29) is 22.1 Å². The number of anilines is 2. The maximum atomic E-state index is 13.3. The minimum atomic E-state index is -3.98. The molecule has 1 saturated heterocycles. The SMILES string of the molecule is C[C@H]1CCCc2ccc(NS(=O)(=O)c3ccccc3NCC[C@@H]3CCCN3)c(C(=O)O)c21. The number of aryl methyl sites for hydroxylation is 1. The third-order valence-electron chi connectivity index (χ3n) is 6.52. The third-order valence-corrected chi connectivity index (χ3v) is 7.94. The highest BCUT2D eigenvalue weighted by atomic mass is 32.2. The predicted octanol–water partition coefficient (Wildman–Crippen LogP) is 4.18. The number of para-hydroxylation sites is 1. The molecular weight excluding hydrogens is 426 g/mol. The molecule has 1 fully saturated rings. The van der Waals surface area contributed by atoms with Gasteiger partial charge < -0.3 is 15.7 Å². The normalized spacial score (nSPS) is 20.5. The molecule has 0 saturated carbocycles. The first-order valence-electron chi connectivity index (χ1n) is 11.3. The van der Waals surface area contributed by atoms with Gasteiger partial charge in [0.05, 0.1) is 16.9 Å². The number of hydrogen-bond acceptors (Lipinski definition) is 5. The summed E-state index contributed by atoms with van der Waals surface area (Å²) in [5.74, 6) is -1.03. The highest BCUT2D eigenvalue weighted by Crippen LogP contribution is 2.38. The Balaban J connectivity index is 1.60. The molecule has 2 atom stereocenters. The molecule has 1 heterocycles. The molecule has 2 aromatic carbocycles. The second-order valence-electron chi connectivity index (χ2n) is 8.77. The molecule has 7 nitrogen and oxygen atoms in total. The van der Waals surface area contributed by atoms with E-state index in [0.29, 0.717) is 18.3 Å². The number of nitrogens with one attached hydrogen (secondary N) is 3. The summed E-state index contributed by atoms with van der Waals surface area (Å²) in [4.78, 5) is 12.3. The number of hydrogen-bond donors (Lipinski definition) is 4. The van der Waals surface area contributed by atoms with Crippen LogP contribution in [0.2, 0.25) is 0 Å². The van der Waals surface area contributed by atoms with Gasteiger partial charge in [-0.2, -0.15) is 0 Å². The summed E-state index contributed by atoms with van der Waals surface area (Å²) in [6, 6.07) is 10.6. The molecule has 1 aliphatic carbocycles. The Morgan fingerprint density at radius 2 is 1.94 bits per heavy atom. The van der Waals surface area contributed by atoms with Crippen molar-refractivity contribution in [3.63, 3.8) is 0 Å². The molecule has 8 heteroatoms. The van der Waals surface area contributed by atoms with E-state index in [1.807, 2.05) is 13.0 Å². The van der Waals surface area contributed by atoms with Crippen LogP contribution >= 0.6 is 0 Å². The van der Waals surface area contributed by atoms with Crippen molar-refractivity contribution in [2.75, 3.05) is 23.1 Å². The fourth-order valence-electron chi connectivity index (χ4n) is 4.93. The van der Waals surface area contributed by atoms with Crippen molar-refractivity contribution in [3.05, 3.63) is 53.1 Å². The van der Waals surface area contributed by atoms with Gasteiger partial charge in [0.25, 0.3) is 10.0 Å². The van der Waals surface area contributed by atoms with Crippen molar-refractivity contribution in [2.24, 2.45) is 0 Å². The number of aromatic carboxylic acids is 1. The van der Waals surface area contributed by atoms with Gasteiger partial charge in [-0.25, -0.2) is 13.2 Å². The fourth-order valence-corrected chi connectivity index (χ4v) is 6.19. The maximum absolute atomic E-state index is 13.3. The number of benzene rings is 2. The lowest BCUT2D eigenvalue weighted by atomic mass is 9.80. The van der Waals surface area contributed by atoms with Crippen LogP contribution in [0.5, 0.6) is 0 Å². The lowest BCUT2D eigenvalue weighted by Crippen LogP contribution is -2.24. The van der Waals surface area contributed by atoms with Crippen molar-refractivity contribution in [1.29, 1.82) is 0 Å². The zero-order chi connectivity index (χ0) is 22.7. The molecule has 0 aromatic heterocycles. The maximum Gasteiger partial charge on any atom is 0.338 e. The summed E-state index contributed by atoms with van der Waals surface area (Å²) in [6.45, 7) is 3.69. The van der Waals surface area contributed by atoms with E-state index in [2.05, 4.69) is 15.4 Å². The molecule has 0 spiro atoms. The topological polar surface area (TPSA) is 108 Å². The molecule has 0 unspecified atom stereocenters. The fraction of sp³-hybridized carbons (Fsp3) is 0.458. The Labute approximate surface area is 189 Å². The first-order valence-corrected chi connectivity index (χ1v) is 12.8. The van der Waals surface area contributed by atoms with Gasteiger partial charge in [0.15, 0.2) is 0 Å². The van der Waals surface area contributed by atoms with Crippen LogP contribution in [0.4, 0.5) is 11.4 Å². The van der Waals surface area contributed by atoms with E-state index in [9.17, 15) is 18.3 Å². The second-order valence-corrected chi connectivity index (χ2v) is 10.4. The van der Waals surface area contributed by atoms with E-state index in [4.69, 9.17) is 0 Å². The molecule has 32 heavy (non-hydrogen) atoms. The summed E-state index contributed by atoms with van der Waals surface area (Å²) in [6.07, 6.45) is 5.94. The summed E-state index contributed by atoms with van der Waals surface area (Å²) < 4.78 is 29.2. The number of carboxylic acids is 1. The van der Waals surface area contributed by atoms with Crippen LogP contribution < -0.4 is 15.4 Å². The number of sulfonamides is 1. The van der Waals surface area contributed by atoms with Crippen LogP contribution in [0.15, 0.2) is 41.3 Å². The molecule has 4 N–H and O–H groups in total. The van der Waals surface area contributed by atoms with Crippen molar-refractivity contribution >= 4 is 27.4 Å². The monoisotopic (exact) mass is 457 g/mol. The third kappa shape index (κ3) is 4.76. The summed E-state index contributed by atoms with van der Waals surface area (Å²) in [5, 5.41) is 16.6. The zero-order valence-corrected chi connectivity index (χ0v) is 19.2. The van der Waals surface area contributed by atoms with Crippen LogP contribution in [0, 0.1) is 0 Å². The highest BCUT2D eigenvalue weighted by Gasteiger charge is 2.28. The van der Waals surface area contributed by atoms with Crippen LogP contribution in [0.1, 0.15) is 66.4 Å². The van der Waals surface area contributed by atoms with Crippen LogP contribution in [0.25, 0.3) is 0 Å². The number of rotatable bonds is 8. The molecule has 0 amide bonds. The first kappa shape index (κ1) is 22.6. The lowest BCUT2D eigenvalue weighted by Gasteiger charge is -2.26. The molecule has 4 rings (SSSR count). The molecule has 1 aliphatic heterocycles. The van der Waals surface area contributed by atoms with Gasteiger partial charge in [-0.3, -0.25) is 4.72 Å². The van der Waals surface area contributed by atoms with E-state index in [0.717, 1.165) is 49.8 Å². The van der Waals surface area contributed by atoms with Gasteiger partial charge >= 0.3 is 5.97 Å². The van der Waals surface area contributed by atoms with Crippen molar-refractivity contribution < 1.29 is 18.3 Å². The molecular formula is C24H31N3O4S. The van der Waals surface area contributed by atoms with E-state index < -0.39 is 16.0 Å². The smallest absolute Gasteiger partial charge is 0.338 e. The van der Waals surface area contributed by atoms with E-state index >= 15 is 0 Å². The Hall–Kier alpha value is -2.58. The van der Waals surface area contributed by atoms with Crippen molar-refractivity contribution in [1.82, 2.24) is 5.32 Å². The van der Waals surface area contributed by atoms with Gasteiger partial charge in [0, 0.05) is 12.6 Å². The van der Waals surface area contributed by atoms with E-state index in [1.54, 1.807) is 30.3 Å². The Morgan fingerprint density at radius 3 is 2.69 bits per heavy atom. The Morgan fingerprint density at radius 1 is 1.12 bits per heavy atom. The van der Waals surface area contributed by atoms with Crippen molar-refractivity contribution in [3.8, 4) is 0 Å². The highest BCUT2D eigenvalue weighted by molar-refractivity contribution is 7.92. The molecule has 0 radical (unpaired) electrons. The first-order chi connectivity index (χ1) is 15.4. The zero-order valence-electron chi connectivity index (χ0n) is 18.4. The summed E-state index contributed by atoms with van der Waals surface area (Å²) in [7, 11) is -3.98. The van der Waals surface area contributed by atoms with Gasteiger partial charge in [-0.15, -0.1) is 0 Å². The summed E-state index contributed by atoms with van der Waals surface area (Å²) in [5.41, 5.74) is 2.44. The average molecular weight is 458 g/mol. The Bertz CT molecular complexity index is 1090. The van der Waals surface area contributed by atoms with Crippen molar-refractivity contribution in [2.45, 2.75) is 62.3 Å². The molecule has 172 valence electrons. The minimum Gasteiger partial charge on any atom is -0.478 e. The second kappa shape index (κ2) is 9.50. The van der Waals surface area contributed by atoms with Gasteiger partial charge in [0.1, 0.15) is 4.90 Å². The number of carbonyl (C=O) groups is 1. The lowest BCUT2D eigenvalue weighted by molar-refractivity contribution is 0.0696. The number of carboxylic acid groups (broad SMARTS) is 1. The van der Waals surface area contributed by atoms with Crippen LogP contribution in [-0.2, 0) is 16.4 Å². The minimum absolute atomic E-state index is 0.0658. The van der Waals surface area contributed by atoms with Gasteiger partial charge in [-0.05, 0) is 80.3 Å². The predicted molar refractivity (Wildman–Crippen MR) is 126 cm³/mol. The van der Waals surface area contributed by atoms with Gasteiger partial charge in [-0.1, -0.05) is 25.1 Å². The van der Waals surface area contributed by atoms with E-state index in [1.165, 1.54) is 6.42 Å². The quantitative estimate of drug-likeness (QED) is 0.474. The standard InChI is InChI=1S/C24H31N3O4S/c1-16-6-4-7-17-11-12-20(23(22(16)17)24(28)29)27-32(30,31)21-10-3-2-9-19(21)26-15-13-18-8-5-14-25-18/h2-3,9-12,16,18,25-27H,4-8,13-15H2,1H3,(H,28,29)/t16-,18-/m0/s1. The summed E-state index contributed by atoms with van der Waals surface area (Å²) >= 11 is 0. The largest absolute Gasteiger partial charge is 0.478 e. The molecule has 2 aliphatic rings. The molecule has 0 bridgehead atoms. The Kier molecular flexibility index (Phi) is 6.71. The average Bonchev–Trinajstić information content (AvgIpc) is 3.27. The van der Waals surface area contributed by atoms with Gasteiger partial charge in [0.2, 0.25) is 0 Å².